The number of halogens is 2. The van der Waals surface area contributed by atoms with Crippen molar-refractivity contribution < 1.29 is 18.7 Å². The highest BCUT2D eigenvalue weighted by Gasteiger charge is 2.15. The van der Waals surface area contributed by atoms with Crippen LogP contribution in [0.25, 0.3) is 0 Å². The Morgan fingerprint density at radius 3 is 2.75 bits per heavy atom. The molecule has 104 valence electrons. The van der Waals surface area contributed by atoms with Crippen LogP contribution in [0.1, 0.15) is 17.3 Å². The van der Waals surface area contributed by atoms with Gasteiger partial charge in [0.2, 0.25) is 0 Å². The molecule has 2 rings (SSSR count). The van der Waals surface area contributed by atoms with Crippen molar-refractivity contribution in [2.45, 2.75) is 6.92 Å². The van der Waals surface area contributed by atoms with Gasteiger partial charge in [0.05, 0.1) is 6.61 Å². The highest BCUT2D eigenvalue weighted by Crippen LogP contribution is 2.28. The first-order valence-corrected chi connectivity index (χ1v) is 6.38. The first-order valence-electron chi connectivity index (χ1n) is 6.00. The number of esters is 1. The van der Waals surface area contributed by atoms with Crippen molar-refractivity contribution in [2.24, 2.45) is 0 Å². The lowest BCUT2D eigenvalue weighted by molar-refractivity contribution is 0.0523. The Hall–Kier alpha value is -2.07. The van der Waals surface area contributed by atoms with Crippen molar-refractivity contribution in [3.05, 3.63) is 58.9 Å². The molecule has 0 aliphatic rings. The average Bonchev–Trinajstić information content (AvgIpc) is 2.39. The molecule has 0 radical (unpaired) electrons. The van der Waals surface area contributed by atoms with Crippen LogP contribution in [-0.4, -0.2) is 12.6 Å². The molecule has 0 aromatic heterocycles. The molecule has 0 aliphatic carbocycles. The quantitative estimate of drug-likeness (QED) is 0.782. The number of rotatable bonds is 4. The van der Waals surface area contributed by atoms with E-state index < -0.39 is 11.8 Å². The number of carbonyl (C=O) groups excluding carboxylic acids is 1. The van der Waals surface area contributed by atoms with Crippen LogP contribution in [0.2, 0.25) is 5.02 Å². The summed E-state index contributed by atoms with van der Waals surface area (Å²) in [4.78, 5) is 11.8. The van der Waals surface area contributed by atoms with Gasteiger partial charge in [-0.15, -0.1) is 0 Å². The Labute approximate surface area is 120 Å². The summed E-state index contributed by atoms with van der Waals surface area (Å²) in [5, 5.41) is 0.483. The summed E-state index contributed by atoms with van der Waals surface area (Å²) in [6.07, 6.45) is 0. The Morgan fingerprint density at radius 2 is 2.05 bits per heavy atom. The normalized spacial score (nSPS) is 10.2. The maximum atomic E-state index is 13.3. The standard InChI is InChI=1S/C15H12ClFO3/c1-2-19-15(18)13-7-6-11(17)9-14(13)20-12-5-3-4-10(16)8-12/h3-9H,2H2,1H3. The van der Waals surface area contributed by atoms with Crippen LogP contribution >= 0.6 is 11.6 Å². The van der Waals surface area contributed by atoms with Crippen molar-refractivity contribution in [1.29, 1.82) is 0 Å². The topological polar surface area (TPSA) is 35.5 Å². The zero-order valence-corrected chi connectivity index (χ0v) is 11.5. The maximum Gasteiger partial charge on any atom is 0.341 e. The minimum atomic E-state index is -0.565. The fourth-order valence-electron chi connectivity index (χ4n) is 1.62. The molecule has 0 heterocycles. The second-order valence-electron chi connectivity index (χ2n) is 3.92. The molecule has 0 unspecified atom stereocenters. The Bertz CT molecular complexity index is 628. The molecule has 0 atom stereocenters. The van der Waals surface area contributed by atoms with Gasteiger partial charge >= 0.3 is 5.97 Å². The molecule has 20 heavy (non-hydrogen) atoms. The van der Waals surface area contributed by atoms with Crippen molar-refractivity contribution in [3.63, 3.8) is 0 Å². The predicted molar refractivity (Wildman–Crippen MR) is 73.9 cm³/mol. The van der Waals surface area contributed by atoms with Crippen LogP contribution in [0, 0.1) is 5.82 Å². The number of hydrogen-bond donors (Lipinski definition) is 0. The van der Waals surface area contributed by atoms with Gasteiger partial charge in [0.1, 0.15) is 22.9 Å². The molecule has 0 spiro atoms. The lowest BCUT2D eigenvalue weighted by atomic mass is 10.2. The van der Waals surface area contributed by atoms with Gasteiger partial charge in [-0.05, 0) is 37.3 Å². The fraction of sp³-hybridized carbons (Fsp3) is 0.133. The van der Waals surface area contributed by atoms with Gasteiger partial charge < -0.3 is 9.47 Å². The smallest absolute Gasteiger partial charge is 0.341 e. The molecule has 2 aromatic carbocycles. The molecule has 2 aromatic rings. The van der Waals surface area contributed by atoms with E-state index >= 15 is 0 Å². The number of benzene rings is 2. The molecule has 5 heteroatoms. The Morgan fingerprint density at radius 1 is 1.25 bits per heavy atom. The second kappa shape index (κ2) is 6.39. The minimum absolute atomic E-state index is 0.0886. The van der Waals surface area contributed by atoms with E-state index in [9.17, 15) is 9.18 Å². The van der Waals surface area contributed by atoms with Crippen molar-refractivity contribution in [1.82, 2.24) is 0 Å². The summed E-state index contributed by atoms with van der Waals surface area (Å²) in [5.41, 5.74) is 0.160. The molecule has 3 nitrogen and oxygen atoms in total. The van der Waals surface area contributed by atoms with Gasteiger partial charge in [-0.3, -0.25) is 0 Å². The monoisotopic (exact) mass is 294 g/mol. The van der Waals surface area contributed by atoms with E-state index in [1.807, 2.05) is 0 Å². The number of ether oxygens (including phenoxy) is 2. The maximum absolute atomic E-state index is 13.3. The molecular weight excluding hydrogens is 283 g/mol. The highest BCUT2D eigenvalue weighted by molar-refractivity contribution is 6.30. The van der Waals surface area contributed by atoms with E-state index in [-0.39, 0.29) is 17.9 Å². The van der Waals surface area contributed by atoms with Crippen LogP contribution in [0.3, 0.4) is 0 Å². The van der Waals surface area contributed by atoms with Crippen LogP contribution in [0.15, 0.2) is 42.5 Å². The predicted octanol–water partition coefficient (Wildman–Crippen LogP) is 4.45. The van der Waals surface area contributed by atoms with Crippen molar-refractivity contribution in [2.75, 3.05) is 6.61 Å². The van der Waals surface area contributed by atoms with Crippen molar-refractivity contribution >= 4 is 17.6 Å². The van der Waals surface area contributed by atoms with E-state index in [4.69, 9.17) is 21.1 Å². The van der Waals surface area contributed by atoms with E-state index in [0.717, 1.165) is 6.07 Å². The van der Waals surface area contributed by atoms with Gasteiger partial charge in [0.25, 0.3) is 0 Å². The lowest BCUT2D eigenvalue weighted by Crippen LogP contribution is -2.06. The van der Waals surface area contributed by atoms with Crippen molar-refractivity contribution in [3.8, 4) is 11.5 Å². The first kappa shape index (κ1) is 14.3. The summed E-state index contributed by atoms with van der Waals surface area (Å²) in [5.74, 6) is -0.570. The van der Waals surface area contributed by atoms with E-state index in [2.05, 4.69) is 0 Å². The lowest BCUT2D eigenvalue weighted by Gasteiger charge is -2.10. The van der Waals surface area contributed by atoms with Crippen LogP contribution < -0.4 is 4.74 Å². The molecule has 0 aliphatic heterocycles. The third-order valence-corrected chi connectivity index (χ3v) is 2.70. The van der Waals surface area contributed by atoms with Gasteiger partial charge in [-0.1, -0.05) is 17.7 Å². The van der Waals surface area contributed by atoms with E-state index in [1.54, 1.807) is 31.2 Å². The first-order chi connectivity index (χ1) is 9.60. The molecule has 0 fully saturated rings. The van der Waals surface area contributed by atoms with Gasteiger partial charge in [-0.25, -0.2) is 9.18 Å². The summed E-state index contributed by atoms with van der Waals surface area (Å²) in [6.45, 7) is 1.92. The van der Waals surface area contributed by atoms with E-state index in [0.29, 0.717) is 10.8 Å². The van der Waals surface area contributed by atoms with E-state index in [1.165, 1.54) is 12.1 Å². The number of carbonyl (C=O) groups is 1. The highest BCUT2D eigenvalue weighted by atomic mass is 35.5. The average molecular weight is 295 g/mol. The summed E-state index contributed by atoms with van der Waals surface area (Å²) < 4.78 is 23.7. The molecule has 0 bridgehead atoms. The largest absolute Gasteiger partial charge is 0.462 e. The van der Waals surface area contributed by atoms with Gasteiger partial charge in [-0.2, -0.15) is 0 Å². The molecule has 0 amide bonds. The third-order valence-electron chi connectivity index (χ3n) is 2.46. The van der Waals surface area contributed by atoms with Gasteiger partial charge in [0.15, 0.2) is 0 Å². The Kier molecular flexibility index (Phi) is 4.58. The van der Waals surface area contributed by atoms with Crippen LogP contribution in [0.4, 0.5) is 4.39 Å². The summed E-state index contributed by atoms with van der Waals surface area (Å²) >= 11 is 5.85. The van der Waals surface area contributed by atoms with Crippen LogP contribution in [0.5, 0.6) is 11.5 Å². The summed E-state index contributed by atoms with van der Waals surface area (Å²) in [7, 11) is 0. The SMILES string of the molecule is CCOC(=O)c1ccc(F)cc1Oc1cccc(Cl)c1. The third kappa shape index (κ3) is 3.48. The fourth-order valence-corrected chi connectivity index (χ4v) is 1.80. The second-order valence-corrected chi connectivity index (χ2v) is 4.36. The minimum Gasteiger partial charge on any atom is -0.462 e. The molecule has 0 saturated carbocycles. The molecule has 0 N–H and O–H groups in total. The summed E-state index contributed by atoms with van der Waals surface area (Å²) in [6, 6.07) is 10.2. The number of hydrogen-bond acceptors (Lipinski definition) is 3. The van der Waals surface area contributed by atoms with Gasteiger partial charge in [0, 0.05) is 11.1 Å². The zero-order chi connectivity index (χ0) is 14.5. The Balaban J connectivity index is 2.34. The van der Waals surface area contributed by atoms with Crippen LogP contribution in [-0.2, 0) is 4.74 Å². The molecule has 0 saturated heterocycles. The molecular formula is C15H12ClFO3. The zero-order valence-electron chi connectivity index (χ0n) is 10.7.